The van der Waals surface area contributed by atoms with E-state index < -0.39 is 17.8 Å². The van der Waals surface area contributed by atoms with E-state index in [9.17, 15) is 13.9 Å². The van der Waals surface area contributed by atoms with Crippen LogP contribution in [0.3, 0.4) is 0 Å². The summed E-state index contributed by atoms with van der Waals surface area (Å²) < 4.78 is 28.3. The minimum atomic E-state index is -2.81. The molecule has 0 saturated carbocycles. The number of benzene rings is 1. The molecule has 0 aliphatic heterocycles. The van der Waals surface area contributed by atoms with Gasteiger partial charge < -0.3 is 15.2 Å². The summed E-state index contributed by atoms with van der Waals surface area (Å²) >= 11 is 0. The first-order valence-electron chi connectivity index (χ1n) is 6.13. The maximum absolute atomic E-state index is 12.0. The van der Waals surface area contributed by atoms with Crippen LogP contribution in [-0.4, -0.2) is 22.9 Å². The molecule has 0 amide bonds. The monoisotopic (exact) mass is 273 g/mol. The van der Waals surface area contributed by atoms with E-state index in [1.807, 2.05) is 13.8 Å². The molecule has 19 heavy (non-hydrogen) atoms. The second-order valence-electron chi connectivity index (χ2n) is 5.56. The molecule has 0 bridgehead atoms. The molecule has 108 valence electrons. The first kappa shape index (κ1) is 15.9. The molecular formula is C14H21F2NO2. The Balaban J connectivity index is 2.59. The van der Waals surface area contributed by atoms with E-state index in [-0.39, 0.29) is 5.75 Å². The molecule has 0 aliphatic carbocycles. The second-order valence-corrected chi connectivity index (χ2v) is 5.56. The molecule has 2 N–H and O–H groups in total. The van der Waals surface area contributed by atoms with Gasteiger partial charge in [-0.25, -0.2) is 0 Å². The maximum atomic E-state index is 12.0. The molecule has 0 radical (unpaired) electrons. The van der Waals surface area contributed by atoms with Gasteiger partial charge in [0.25, 0.3) is 0 Å². The van der Waals surface area contributed by atoms with Crippen LogP contribution in [0.2, 0.25) is 0 Å². The van der Waals surface area contributed by atoms with E-state index in [1.165, 1.54) is 12.1 Å². The normalized spacial score (nSPS) is 12.8. The van der Waals surface area contributed by atoms with Gasteiger partial charge in [-0.1, -0.05) is 12.1 Å². The third-order valence-electron chi connectivity index (χ3n) is 3.41. The van der Waals surface area contributed by atoms with Crippen molar-refractivity contribution in [2.75, 3.05) is 0 Å². The standard InChI is InChI=1S/C14H21F2NO2/c1-13(2,14(3,4)18)17-9-10-5-7-11(8-6-10)19-12(15)16/h5-8,12,17-18H,9H2,1-4H3. The Hall–Kier alpha value is -1.20. The minimum Gasteiger partial charge on any atom is -0.435 e. The molecule has 1 aromatic carbocycles. The number of hydrogen-bond acceptors (Lipinski definition) is 3. The molecule has 0 aliphatic rings. The fourth-order valence-corrected chi connectivity index (χ4v) is 1.33. The highest BCUT2D eigenvalue weighted by Crippen LogP contribution is 2.21. The van der Waals surface area contributed by atoms with Gasteiger partial charge in [-0.2, -0.15) is 8.78 Å². The lowest BCUT2D eigenvalue weighted by molar-refractivity contribution is -0.0498. The fraction of sp³-hybridized carbons (Fsp3) is 0.571. The molecule has 0 fully saturated rings. The average molecular weight is 273 g/mol. The Bertz CT molecular complexity index is 397. The largest absolute Gasteiger partial charge is 0.435 e. The Morgan fingerprint density at radius 3 is 2.11 bits per heavy atom. The lowest BCUT2D eigenvalue weighted by atomic mass is 9.86. The smallest absolute Gasteiger partial charge is 0.387 e. The predicted molar refractivity (Wildman–Crippen MR) is 70.3 cm³/mol. The lowest BCUT2D eigenvalue weighted by Gasteiger charge is -2.38. The number of ether oxygens (including phenoxy) is 1. The zero-order valence-corrected chi connectivity index (χ0v) is 11.7. The SMILES string of the molecule is CC(C)(O)C(C)(C)NCc1ccc(OC(F)F)cc1. The molecule has 0 saturated heterocycles. The molecule has 1 rings (SSSR count). The number of nitrogens with one attached hydrogen (secondary N) is 1. The molecule has 5 heteroatoms. The zero-order valence-electron chi connectivity index (χ0n) is 11.7. The fourth-order valence-electron chi connectivity index (χ4n) is 1.33. The molecule has 0 heterocycles. The topological polar surface area (TPSA) is 41.5 Å². The predicted octanol–water partition coefficient (Wildman–Crippen LogP) is 2.93. The van der Waals surface area contributed by atoms with E-state index in [0.717, 1.165) is 5.56 Å². The van der Waals surface area contributed by atoms with Crippen LogP contribution in [0.4, 0.5) is 8.78 Å². The van der Waals surface area contributed by atoms with Crippen molar-refractivity contribution in [3.8, 4) is 5.75 Å². The number of halogens is 2. The second kappa shape index (κ2) is 5.84. The molecule has 3 nitrogen and oxygen atoms in total. The Morgan fingerprint density at radius 2 is 1.68 bits per heavy atom. The van der Waals surface area contributed by atoms with E-state index in [2.05, 4.69) is 10.1 Å². The molecule has 1 aromatic rings. The summed E-state index contributed by atoms with van der Waals surface area (Å²) in [5.74, 6) is 0.139. The maximum Gasteiger partial charge on any atom is 0.387 e. The van der Waals surface area contributed by atoms with Gasteiger partial charge in [-0.05, 0) is 45.4 Å². The number of aliphatic hydroxyl groups is 1. The summed E-state index contributed by atoms with van der Waals surface area (Å²) in [6.07, 6.45) is 0. The quantitative estimate of drug-likeness (QED) is 0.837. The van der Waals surface area contributed by atoms with E-state index in [0.29, 0.717) is 6.54 Å². The van der Waals surface area contributed by atoms with Crippen LogP contribution in [0.25, 0.3) is 0 Å². The summed E-state index contributed by atoms with van der Waals surface area (Å²) in [5, 5.41) is 13.2. The summed E-state index contributed by atoms with van der Waals surface area (Å²) in [5.41, 5.74) is -0.407. The molecular weight excluding hydrogens is 252 g/mol. The summed E-state index contributed by atoms with van der Waals surface area (Å²) in [6, 6.07) is 6.43. The van der Waals surface area contributed by atoms with Gasteiger partial charge in [0.15, 0.2) is 0 Å². The van der Waals surface area contributed by atoms with Gasteiger partial charge in [-0.3, -0.25) is 0 Å². The number of alkyl halides is 2. The molecule has 0 aromatic heterocycles. The van der Waals surface area contributed by atoms with Crippen molar-refractivity contribution in [2.45, 2.75) is 52.0 Å². The Kier molecular flexibility index (Phi) is 4.87. The Labute approximate surface area is 112 Å². The van der Waals surface area contributed by atoms with E-state index in [4.69, 9.17) is 0 Å². The highest BCUT2D eigenvalue weighted by Gasteiger charge is 2.34. The summed E-state index contributed by atoms with van der Waals surface area (Å²) in [6.45, 7) is 5.01. The van der Waals surface area contributed by atoms with Crippen LogP contribution in [-0.2, 0) is 6.54 Å². The van der Waals surface area contributed by atoms with Crippen molar-refractivity contribution in [2.24, 2.45) is 0 Å². The molecule has 0 atom stereocenters. The highest BCUT2D eigenvalue weighted by atomic mass is 19.3. The third kappa shape index (κ3) is 4.76. The van der Waals surface area contributed by atoms with Crippen LogP contribution >= 0.6 is 0 Å². The van der Waals surface area contributed by atoms with Crippen LogP contribution in [0.1, 0.15) is 33.3 Å². The number of rotatable bonds is 6. The minimum absolute atomic E-state index is 0.139. The van der Waals surface area contributed by atoms with Crippen molar-refractivity contribution in [1.29, 1.82) is 0 Å². The first-order valence-corrected chi connectivity index (χ1v) is 6.13. The van der Waals surface area contributed by atoms with Crippen LogP contribution in [0.15, 0.2) is 24.3 Å². The van der Waals surface area contributed by atoms with Crippen molar-refractivity contribution < 1.29 is 18.6 Å². The van der Waals surface area contributed by atoms with Gasteiger partial charge in [0.2, 0.25) is 0 Å². The lowest BCUT2D eigenvalue weighted by Crippen LogP contribution is -2.55. The highest BCUT2D eigenvalue weighted by molar-refractivity contribution is 5.27. The van der Waals surface area contributed by atoms with E-state index in [1.54, 1.807) is 26.0 Å². The summed E-state index contributed by atoms with van der Waals surface area (Å²) in [7, 11) is 0. The molecule has 0 unspecified atom stereocenters. The van der Waals surface area contributed by atoms with Gasteiger partial charge in [0.1, 0.15) is 5.75 Å². The first-order chi connectivity index (χ1) is 8.62. The molecule has 0 spiro atoms. The van der Waals surface area contributed by atoms with Crippen molar-refractivity contribution in [3.05, 3.63) is 29.8 Å². The number of hydrogen-bond donors (Lipinski definition) is 2. The average Bonchev–Trinajstić information content (AvgIpc) is 2.26. The van der Waals surface area contributed by atoms with Gasteiger partial charge >= 0.3 is 6.61 Å². The van der Waals surface area contributed by atoms with Crippen molar-refractivity contribution in [1.82, 2.24) is 5.32 Å². The summed E-state index contributed by atoms with van der Waals surface area (Å²) in [4.78, 5) is 0. The zero-order chi connectivity index (χ0) is 14.7. The van der Waals surface area contributed by atoms with Gasteiger partial charge in [-0.15, -0.1) is 0 Å². The van der Waals surface area contributed by atoms with Crippen molar-refractivity contribution in [3.63, 3.8) is 0 Å². The van der Waals surface area contributed by atoms with Crippen LogP contribution in [0.5, 0.6) is 5.75 Å². The Morgan fingerprint density at radius 1 is 1.16 bits per heavy atom. The van der Waals surface area contributed by atoms with Crippen LogP contribution < -0.4 is 10.1 Å². The van der Waals surface area contributed by atoms with Gasteiger partial charge in [0, 0.05) is 12.1 Å². The van der Waals surface area contributed by atoms with Crippen LogP contribution in [0, 0.1) is 0 Å². The van der Waals surface area contributed by atoms with Gasteiger partial charge in [0.05, 0.1) is 5.60 Å². The third-order valence-corrected chi connectivity index (χ3v) is 3.41. The van der Waals surface area contributed by atoms with E-state index >= 15 is 0 Å². The van der Waals surface area contributed by atoms with Crippen molar-refractivity contribution >= 4 is 0 Å².